The molecule has 1 unspecified atom stereocenters. The summed E-state index contributed by atoms with van der Waals surface area (Å²) in [5, 5.41) is 18.0. The maximum absolute atomic E-state index is 12.6. The predicted octanol–water partition coefficient (Wildman–Crippen LogP) is 4.58. The molecule has 1 aliphatic carbocycles. The van der Waals surface area contributed by atoms with Gasteiger partial charge in [-0.25, -0.2) is 0 Å². The molecule has 0 saturated heterocycles. The van der Waals surface area contributed by atoms with Crippen LogP contribution in [0.4, 0.5) is 13.2 Å². The number of azo groups is 2. The zero-order valence-electron chi connectivity index (χ0n) is 17.4. The van der Waals surface area contributed by atoms with Gasteiger partial charge in [-0.05, 0) is 68.3 Å². The Hall–Kier alpha value is -2.68. The minimum atomic E-state index is -4.74. The minimum Gasteiger partial charge on any atom is -0.406 e. The van der Waals surface area contributed by atoms with E-state index in [-0.39, 0.29) is 11.8 Å². The van der Waals surface area contributed by atoms with Crippen LogP contribution < -0.4 is 10.1 Å². The number of alkyl halides is 3. The topological polar surface area (TPSA) is 69.2 Å². The summed E-state index contributed by atoms with van der Waals surface area (Å²) in [5.41, 5.74) is 0.604. The summed E-state index contributed by atoms with van der Waals surface area (Å²) in [4.78, 5) is 4.74. The van der Waals surface area contributed by atoms with Crippen LogP contribution in [-0.2, 0) is 0 Å². The summed E-state index contributed by atoms with van der Waals surface area (Å²) >= 11 is 0. The number of nitrogens with one attached hydrogen (secondary N) is 1. The minimum absolute atomic E-state index is 0.267. The molecule has 166 valence electrons. The number of rotatable bonds is 4. The number of halogens is 3. The smallest absolute Gasteiger partial charge is 0.406 e. The summed E-state index contributed by atoms with van der Waals surface area (Å²) in [6, 6.07) is 6.11. The Bertz CT molecular complexity index is 952. The number of amidine groups is 1. The third-order valence-electron chi connectivity index (χ3n) is 5.98. The average Bonchev–Trinajstić information content (AvgIpc) is 3.10. The zero-order valence-corrected chi connectivity index (χ0v) is 17.4. The van der Waals surface area contributed by atoms with Crippen LogP contribution in [0.1, 0.15) is 45.1 Å². The number of aliphatic hydroxyl groups is 1. The fourth-order valence-electron chi connectivity index (χ4n) is 4.31. The third kappa shape index (κ3) is 5.15. The molecule has 1 aromatic rings. The van der Waals surface area contributed by atoms with Crippen molar-refractivity contribution >= 4 is 11.4 Å². The van der Waals surface area contributed by atoms with Gasteiger partial charge in [-0.3, -0.25) is 0 Å². The number of ether oxygens (including phenoxy) is 1. The molecular weight excluding hydrogens is 409 g/mol. The van der Waals surface area contributed by atoms with Crippen LogP contribution in [0.2, 0.25) is 0 Å². The summed E-state index contributed by atoms with van der Waals surface area (Å²) in [5.74, 6) is 0.736. The molecule has 2 aliphatic heterocycles. The van der Waals surface area contributed by atoms with E-state index in [4.69, 9.17) is 4.99 Å². The largest absolute Gasteiger partial charge is 0.573 e. The summed E-state index contributed by atoms with van der Waals surface area (Å²) < 4.78 is 43.4. The number of nitrogens with zero attached hydrogens (tertiary/aromatic N) is 3. The molecule has 1 aromatic carbocycles. The normalized spacial score (nSPS) is 26.0. The second kappa shape index (κ2) is 8.11. The first-order valence-electron chi connectivity index (χ1n) is 10.4. The van der Waals surface area contributed by atoms with E-state index in [1.807, 2.05) is 26.1 Å². The molecule has 0 amide bonds. The van der Waals surface area contributed by atoms with Gasteiger partial charge in [0.15, 0.2) is 0 Å². The van der Waals surface area contributed by atoms with Gasteiger partial charge in [0.1, 0.15) is 17.8 Å². The van der Waals surface area contributed by atoms with Crippen LogP contribution >= 0.6 is 0 Å². The van der Waals surface area contributed by atoms with Gasteiger partial charge < -0.3 is 15.2 Å². The molecule has 31 heavy (non-hydrogen) atoms. The van der Waals surface area contributed by atoms with Gasteiger partial charge in [0.2, 0.25) is 6.20 Å². The molecule has 0 aromatic heterocycles. The first-order chi connectivity index (χ1) is 14.6. The second-order valence-corrected chi connectivity index (χ2v) is 8.71. The van der Waals surface area contributed by atoms with Crippen molar-refractivity contribution in [1.82, 2.24) is 5.32 Å². The van der Waals surface area contributed by atoms with Gasteiger partial charge in [-0.2, -0.15) is 4.99 Å². The molecule has 1 saturated carbocycles. The summed E-state index contributed by atoms with van der Waals surface area (Å²) in [6.07, 6.45) is 3.86. The van der Waals surface area contributed by atoms with Crippen LogP contribution in [0.15, 0.2) is 52.8 Å². The lowest BCUT2D eigenvalue weighted by atomic mass is 9.77. The highest BCUT2D eigenvalue weighted by molar-refractivity contribution is 5.94. The predicted molar refractivity (Wildman–Crippen MR) is 109 cm³/mol. The quantitative estimate of drug-likeness (QED) is 0.681. The van der Waals surface area contributed by atoms with E-state index in [1.54, 1.807) is 17.0 Å². The molecule has 3 aliphatic rings. The van der Waals surface area contributed by atoms with Gasteiger partial charge in [-0.1, -0.05) is 16.8 Å². The maximum atomic E-state index is 12.6. The van der Waals surface area contributed by atoms with E-state index >= 15 is 0 Å². The third-order valence-corrected chi connectivity index (χ3v) is 5.98. The Balaban J connectivity index is 1.44. The highest BCUT2D eigenvalue weighted by atomic mass is 19.4. The van der Waals surface area contributed by atoms with Gasteiger partial charge in [0.05, 0.1) is 11.2 Å². The van der Waals surface area contributed by atoms with Crippen LogP contribution in [-0.4, -0.2) is 39.8 Å². The van der Waals surface area contributed by atoms with Crippen molar-refractivity contribution < 1.29 is 27.7 Å². The Morgan fingerprint density at radius 2 is 1.90 bits per heavy atom. The molecular formula is C22H26F3N4O2+. The second-order valence-electron chi connectivity index (χ2n) is 8.71. The average molecular weight is 435 g/mol. The van der Waals surface area contributed by atoms with Gasteiger partial charge in [0, 0.05) is 12.1 Å². The molecule has 2 heterocycles. The highest BCUT2D eigenvalue weighted by Crippen LogP contribution is 2.34. The molecule has 9 heteroatoms. The number of benzene rings is 1. The lowest BCUT2D eigenvalue weighted by molar-refractivity contribution is -0.542. The van der Waals surface area contributed by atoms with Crippen molar-refractivity contribution in [3.63, 3.8) is 0 Å². The fourth-order valence-corrected chi connectivity index (χ4v) is 4.31. The van der Waals surface area contributed by atoms with Crippen LogP contribution in [0, 0.1) is 5.92 Å². The number of hydrogen-bond donors (Lipinski definition) is 2. The molecule has 2 N–H and O–H groups in total. The Morgan fingerprint density at radius 3 is 2.58 bits per heavy atom. The van der Waals surface area contributed by atoms with Gasteiger partial charge in [-0.15, -0.1) is 13.2 Å². The molecule has 4 rings (SSSR count). The highest BCUT2D eigenvalue weighted by Gasteiger charge is 2.37. The van der Waals surface area contributed by atoms with Crippen molar-refractivity contribution in [3.05, 3.63) is 48.3 Å². The van der Waals surface area contributed by atoms with E-state index in [2.05, 4.69) is 15.2 Å². The van der Waals surface area contributed by atoms with E-state index in [0.29, 0.717) is 17.1 Å². The summed E-state index contributed by atoms with van der Waals surface area (Å²) in [7, 11) is 0. The fraction of sp³-hybridized carbons (Fsp3) is 0.500. The molecule has 0 spiro atoms. The van der Waals surface area contributed by atoms with Crippen LogP contribution in [0.25, 0.3) is 5.57 Å². The number of aliphatic imine (C=N–C) groups is 1. The Kier molecular flexibility index (Phi) is 5.63. The number of hydrogen-bond acceptors (Lipinski definition) is 5. The van der Waals surface area contributed by atoms with E-state index in [0.717, 1.165) is 31.5 Å². The lowest BCUT2D eigenvalue weighted by Gasteiger charge is -2.36. The van der Waals surface area contributed by atoms with Crippen molar-refractivity contribution in [2.75, 3.05) is 0 Å². The molecule has 1 fully saturated rings. The van der Waals surface area contributed by atoms with Crippen molar-refractivity contribution in [3.8, 4) is 5.75 Å². The van der Waals surface area contributed by atoms with Crippen LogP contribution in [0.5, 0.6) is 5.75 Å². The standard InChI is InChI=1S/C22H26F3N4O2/c1-21(2,30)15-6-8-16(9-7-15)27-19-10-11-29-20(28-19)18(13-26-29)14-4-3-5-17(12-14)31-22(23,24)25/h3-5,10-13,15-16,20,30H,6-9H2,1-2H3,(H,27,28)/q+1. The SMILES string of the molecule is CC(C)(O)C1CCC(NC2=NC3C(c4cccc(OC(F)(F)F)c4)=CN=[N+]3C=C2)CC1. The van der Waals surface area contributed by atoms with Crippen molar-refractivity contribution in [2.45, 2.75) is 63.7 Å². The molecule has 6 nitrogen and oxygen atoms in total. The Morgan fingerprint density at radius 1 is 1.16 bits per heavy atom. The Labute approximate surface area is 178 Å². The van der Waals surface area contributed by atoms with Gasteiger partial charge >= 0.3 is 12.5 Å². The monoisotopic (exact) mass is 435 g/mol. The van der Waals surface area contributed by atoms with Gasteiger partial charge in [0.25, 0.3) is 0 Å². The molecule has 0 radical (unpaired) electrons. The van der Waals surface area contributed by atoms with E-state index in [1.165, 1.54) is 18.2 Å². The van der Waals surface area contributed by atoms with E-state index in [9.17, 15) is 18.3 Å². The molecule has 1 atom stereocenters. The van der Waals surface area contributed by atoms with Crippen molar-refractivity contribution in [1.29, 1.82) is 0 Å². The molecule has 0 bridgehead atoms. The van der Waals surface area contributed by atoms with Crippen molar-refractivity contribution in [2.24, 2.45) is 16.0 Å². The van der Waals surface area contributed by atoms with E-state index < -0.39 is 18.1 Å². The zero-order chi connectivity index (χ0) is 22.2. The number of fused-ring (bicyclic) bond motifs is 1. The first kappa shape index (κ1) is 21.5. The lowest BCUT2D eigenvalue weighted by Crippen LogP contribution is -2.42. The summed E-state index contributed by atoms with van der Waals surface area (Å²) in [6.45, 7) is 3.72. The maximum Gasteiger partial charge on any atom is 0.573 e. The van der Waals surface area contributed by atoms with Crippen LogP contribution in [0.3, 0.4) is 0 Å². The first-order valence-corrected chi connectivity index (χ1v) is 10.4.